The Balaban J connectivity index is 0.000000640. The molecule has 0 amide bonds. The predicted octanol–water partition coefficient (Wildman–Crippen LogP) is 1.41. The van der Waals surface area contributed by atoms with Crippen molar-refractivity contribution >= 4 is 45.5 Å². The van der Waals surface area contributed by atoms with E-state index in [0.717, 1.165) is 0 Å². The fourth-order valence-corrected chi connectivity index (χ4v) is 1.07. The summed E-state index contributed by atoms with van der Waals surface area (Å²) in [7, 11) is 2.68. The highest BCUT2D eigenvalue weighted by molar-refractivity contribution is 14.1. The molecular formula is C6H6BIP. The lowest BCUT2D eigenvalue weighted by Crippen LogP contribution is -1.92. The van der Waals surface area contributed by atoms with Crippen LogP contribution in [0.5, 0.6) is 0 Å². The van der Waals surface area contributed by atoms with E-state index in [1.165, 1.54) is 8.87 Å². The topological polar surface area (TPSA) is 0 Å². The summed E-state index contributed by atoms with van der Waals surface area (Å²) in [5, 5.41) is 1.27. The smallest absolute Gasteiger partial charge is 0.0201 e. The first-order valence-electron chi connectivity index (χ1n) is 2.31. The van der Waals surface area contributed by atoms with Crippen LogP contribution >= 0.6 is 31.8 Å². The summed E-state index contributed by atoms with van der Waals surface area (Å²) in [6.45, 7) is 0. The van der Waals surface area contributed by atoms with Gasteiger partial charge in [0.15, 0.2) is 0 Å². The lowest BCUT2D eigenvalue weighted by atomic mass is 10.4. The van der Waals surface area contributed by atoms with Crippen molar-refractivity contribution in [1.82, 2.24) is 0 Å². The molecule has 9 heavy (non-hydrogen) atoms. The van der Waals surface area contributed by atoms with Crippen LogP contribution in [0.4, 0.5) is 0 Å². The van der Waals surface area contributed by atoms with Crippen molar-refractivity contribution in [2.24, 2.45) is 0 Å². The van der Waals surface area contributed by atoms with Crippen molar-refractivity contribution in [3.05, 3.63) is 27.8 Å². The van der Waals surface area contributed by atoms with Gasteiger partial charge in [-0.3, -0.25) is 0 Å². The van der Waals surface area contributed by atoms with Gasteiger partial charge in [0.1, 0.15) is 0 Å². The Morgan fingerprint density at radius 3 is 2.11 bits per heavy atom. The van der Waals surface area contributed by atoms with Crippen LogP contribution < -0.4 is 5.30 Å². The van der Waals surface area contributed by atoms with Gasteiger partial charge in [-0.05, 0) is 34.0 Å². The van der Waals surface area contributed by atoms with E-state index in [1.54, 1.807) is 0 Å². The first-order valence-corrected chi connectivity index (χ1v) is 3.96. The molecule has 1 rings (SSSR count). The molecule has 0 aliphatic carbocycles. The maximum Gasteiger partial charge on any atom is 0.0201 e. The minimum atomic E-state index is 0. The second kappa shape index (κ2) is 4.29. The van der Waals surface area contributed by atoms with Crippen LogP contribution in [0, 0.1) is 3.57 Å². The van der Waals surface area contributed by atoms with Gasteiger partial charge in [-0.1, -0.05) is 18.2 Å². The zero-order valence-corrected chi connectivity index (χ0v) is 8.15. The summed E-state index contributed by atoms with van der Waals surface area (Å²) in [5.74, 6) is 0. The first-order chi connectivity index (χ1) is 3.80. The molecule has 0 aliphatic heterocycles. The summed E-state index contributed by atoms with van der Waals surface area (Å²) in [6.07, 6.45) is 0. The molecule has 1 aromatic rings. The average molecular weight is 247 g/mol. The van der Waals surface area contributed by atoms with E-state index >= 15 is 0 Å². The number of hydrogen-bond acceptors (Lipinski definition) is 0. The lowest BCUT2D eigenvalue weighted by Gasteiger charge is -1.91. The van der Waals surface area contributed by atoms with Gasteiger partial charge in [0.25, 0.3) is 0 Å². The van der Waals surface area contributed by atoms with Crippen molar-refractivity contribution in [2.45, 2.75) is 0 Å². The summed E-state index contributed by atoms with van der Waals surface area (Å²) in [4.78, 5) is 0. The number of halogens is 1. The summed E-state index contributed by atoms with van der Waals surface area (Å²) < 4.78 is 1.30. The lowest BCUT2D eigenvalue weighted by molar-refractivity contribution is 1.72. The van der Waals surface area contributed by atoms with Gasteiger partial charge in [0, 0.05) is 12.0 Å². The third-order valence-electron chi connectivity index (χ3n) is 0.905. The van der Waals surface area contributed by atoms with Gasteiger partial charge in [0.2, 0.25) is 0 Å². The second-order valence-electron chi connectivity index (χ2n) is 1.52. The van der Waals surface area contributed by atoms with Crippen LogP contribution in [0.1, 0.15) is 0 Å². The van der Waals surface area contributed by atoms with Gasteiger partial charge < -0.3 is 0 Å². The molecule has 0 nitrogen and oxygen atoms in total. The molecule has 0 saturated carbocycles. The highest BCUT2D eigenvalue weighted by atomic mass is 127. The monoisotopic (exact) mass is 247 g/mol. The van der Waals surface area contributed by atoms with E-state index in [4.69, 9.17) is 0 Å². The van der Waals surface area contributed by atoms with Crippen molar-refractivity contribution in [1.29, 1.82) is 0 Å². The molecule has 0 aliphatic rings. The Morgan fingerprint density at radius 1 is 1.22 bits per heavy atom. The standard InChI is InChI=1S/C6H6IP.B/c7-5-3-1-2-4-6(5)8;/h1-4H,8H2;. The van der Waals surface area contributed by atoms with Crippen LogP contribution in [0.15, 0.2) is 24.3 Å². The minimum absolute atomic E-state index is 0. The van der Waals surface area contributed by atoms with Crippen molar-refractivity contribution in [2.75, 3.05) is 0 Å². The van der Waals surface area contributed by atoms with E-state index in [0.29, 0.717) is 0 Å². The first kappa shape index (κ1) is 9.44. The zero-order chi connectivity index (χ0) is 5.98. The van der Waals surface area contributed by atoms with E-state index < -0.39 is 0 Å². The highest BCUT2D eigenvalue weighted by Gasteiger charge is 1.86. The van der Waals surface area contributed by atoms with Crippen LogP contribution in [0.3, 0.4) is 0 Å². The van der Waals surface area contributed by atoms with Crippen LogP contribution in [0.2, 0.25) is 0 Å². The number of rotatable bonds is 0. The molecule has 0 aromatic heterocycles. The van der Waals surface area contributed by atoms with Gasteiger partial charge in [0.05, 0.1) is 0 Å². The predicted molar refractivity (Wildman–Crippen MR) is 54.3 cm³/mol. The maximum atomic E-state index is 2.68. The fourth-order valence-electron chi connectivity index (χ4n) is 0.475. The zero-order valence-electron chi connectivity index (χ0n) is 4.84. The van der Waals surface area contributed by atoms with E-state index in [-0.39, 0.29) is 8.41 Å². The third-order valence-corrected chi connectivity index (χ3v) is 2.98. The van der Waals surface area contributed by atoms with E-state index in [1.807, 2.05) is 12.1 Å². The molecular weight excluding hydrogens is 241 g/mol. The Kier molecular flexibility index (Phi) is 4.50. The molecule has 1 atom stereocenters. The van der Waals surface area contributed by atoms with Crippen molar-refractivity contribution < 1.29 is 0 Å². The summed E-state index contributed by atoms with van der Waals surface area (Å²) in [6, 6.07) is 8.23. The second-order valence-corrected chi connectivity index (χ2v) is 3.31. The quantitative estimate of drug-likeness (QED) is 0.369. The Hall–Kier alpha value is 0.445. The Labute approximate surface area is 73.3 Å². The molecule has 0 spiro atoms. The fraction of sp³-hybridized carbons (Fsp3) is 0. The van der Waals surface area contributed by atoms with E-state index in [9.17, 15) is 0 Å². The molecule has 0 heterocycles. The molecule has 3 radical (unpaired) electrons. The summed E-state index contributed by atoms with van der Waals surface area (Å²) >= 11 is 2.30. The normalized spacial score (nSPS) is 8.22. The van der Waals surface area contributed by atoms with Crippen molar-refractivity contribution in [3.8, 4) is 0 Å². The Bertz CT molecular complexity index is 169. The maximum absolute atomic E-state index is 2.68. The Morgan fingerprint density at radius 2 is 1.78 bits per heavy atom. The SMILES string of the molecule is Pc1ccccc1I.[B]. The highest BCUT2D eigenvalue weighted by Crippen LogP contribution is 2.02. The average Bonchev–Trinajstić information content (AvgIpc) is 1.77. The largest absolute Gasteiger partial charge is 0.104 e. The molecule has 0 saturated heterocycles. The minimum Gasteiger partial charge on any atom is -0.104 e. The third kappa shape index (κ3) is 2.68. The number of benzene rings is 1. The van der Waals surface area contributed by atoms with Gasteiger partial charge >= 0.3 is 0 Å². The molecule has 0 N–H and O–H groups in total. The molecule has 3 heteroatoms. The number of hydrogen-bond donors (Lipinski definition) is 0. The molecule has 45 valence electrons. The van der Waals surface area contributed by atoms with Crippen LogP contribution in [0.25, 0.3) is 0 Å². The van der Waals surface area contributed by atoms with Gasteiger partial charge in [-0.25, -0.2) is 0 Å². The molecule has 0 fully saturated rings. The van der Waals surface area contributed by atoms with Gasteiger partial charge in [-0.15, -0.1) is 9.24 Å². The van der Waals surface area contributed by atoms with Crippen LogP contribution in [-0.4, -0.2) is 8.41 Å². The van der Waals surface area contributed by atoms with Crippen molar-refractivity contribution in [3.63, 3.8) is 0 Å². The van der Waals surface area contributed by atoms with Gasteiger partial charge in [-0.2, -0.15) is 0 Å². The van der Waals surface area contributed by atoms with E-state index in [2.05, 4.69) is 44.0 Å². The molecule has 0 bridgehead atoms. The molecule has 1 aromatic carbocycles. The molecule has 1 unspecified atom stereocenters. The summed E-state index contributed by atoms with van der Waals surface area (Å²) in [5.41, 5.74) is 0. The van der Waals surface area contributed by atoms with Crippen LogP contribution in [-0.2, 0) is 0 Å².